The lowest BCUT2D eigenvalue weighted by molar-refractivity contribution is 0.252. The number of aromatic nitrogens is 3. The molecule has 1 aliphatic rings. The van der Waals surface area contributed by atoms with Crippen LogP contribution in [0.15, 0.2) is 17.6 Å². The van der Waals surface area contributed by atoms with Crippen LogP contribution in [-0.4, -0.2) is 33.6 Å². The molecule has 0 unspecified atom stereocenters. The average molecular weight is 366 g/mol. The van der Waals surface area contributed by atoms with E-state index in [1.54, 1.807) is 29.3 Å². The molecule has 0 spiro atoms. The summed E-state index contributed by atoms with van der Waals surface area (Å²) < 4.78 is 1.91. The summed E-state index contributed by atoms with van der Waals surface area (Å²) in [6.45, 7) is 2.72. The van der Waals surface area contributed by atoms with E-state index in [4.69, 9.17) is 0 Å². The Morgan fingerprint density at radius 2 is 2.38 bits per heavy atom. The number of thiazole rings is 1. The molecule has 24 heavy (non-hydrogen) atoms. The van der Waals surface area contributed by atoms with Gasteiger partial charge in [-0.25, -0.2) is 14.5 Å². The van der Waals surface area contributed by atoms with Crippen molar-refractivity contribution in [2.24, 2.45) is 5.92 Å². The molecule has 1 saturated carbocycles. The van der Waals surface area contributed by atoms with E-state index in [0.29, 0.717) is 18.5 Å². The zero-order chi connectivity index (χ0) is 16.9. The van der Waals surface area contributed by atoms with Crippen LogP contribution in [0.1, 0.15) is 36.5 Å². The minimum absolute atomic E-state index is 0.195. The van der Waals surface area contributed by atoms with E-state index in [0.717, 1.165) is 28.7 Å². The van der Waals surface area contributed by atoms with Crippen molar-refractivity contribution >= 4 is 34.9 Å². The van der Waals surface area contributed by atoms with E-state index in [9.17, 15) is 4.79 Å². The molecule has 1 atom stereocenters. The van der Waals surface area contributed by atoms with Crippen LogP contribution in [0, 0.1) is 5.92 Å². The van der Waals surface area contributed by atoms with Gasteiger partial charge < -0.3 is 5.32 Å². The van der Waals surface area contributed by atoms with E-state index in [-0.39, 0.29) is 6.03 Å². The molecule has 1 aliphatic carbocycles. The fourth-order valence-electron chi connectivity index (χ4n) is 2.63. The standard InChI is InChI=1S/C16H23N5OS2/c1-11(12-3-4-12)21-14(6-8-18-21)20-16(22)17-7-5-13-9-24-15(19-13)10-23-2/h6,8-9,11-12H,3-5,7,10H2,1-2H3,(H2,17,20,22)/t11-/m0/s1. The highest BCUT2D eigenvalue weighted by Crippen LogP contribution is 2.40. The summed E-state index contributed by atoms with van der Waals surface area (Å²) in [5, 5.41) is 13.3. The zero-order valence-electron chi connectivity index (χ0n) is 14.0. The number of carbonyl (C=O) groups is 1. The average Bonchev–Trinajstić information content (AvgIpc) is 3.16. The molecule has 2 heterocycles. The molecule has 0 saturated heterocycles. The summed E-state index contributed by atoms with van der Waals surface area (Å²) in [6, 6.07) is 1.98. The number of carbonyl (C=O) groups excluding carboxylic acids is 1. The molecule has 0 bridgehead atoms. The van der Waals surface area contributed by atoms with Crippen LogP contribution < -0.4 is 10.6 Å². The van der Waals surface area contributed by atoms with Crippen molar-refractivity contribution in [1.29, 1.82) is 0 Å². The Balaban J connectivity index is 1.45. The number of nitrogens with zero attached hydrogens (tertiary/aromatic N) is 3. The van der Waals surface area contributed by atoms with Crippen LogP contribution in [0.25, 0.3) is 0 Å². The number of amides is 2. The maximum Gasteiger partial charge on any atom is 0.320 e. The smallest absolute Gasteiger partial charge is 0.320 e. The van der Waals surface area contributed by atoms with Crippen molar-refractivity contribution in [3.63, 3.8) is 0 Å². The molecule has 2 N–H and O–H groups in total. The highest BCUT2D eigenvalue weighted by atomic mass is 32.2. The van der Waals surface area contributed by atoms with Gasteiger partial charge in [-0.1, -0.05) is 0 Å². The normalized spacial score (nSPS) is 15.2. The van der Waals surface area contributed by atoms with Gasteiger partial charge in [0.15, 0.2) is 0 Å². The first-order valence-electron chi connectivity index (χ1n) is 8.18. The minimum Gasteiger partial charge on any atom is -0.337 e. The second kappa shape index (κ2) is 8.02. The van der Waals surface area contributed by atoms with Crippen molar-refractivity contribution < 1.29 is 4.79 Å². The second-order valence-electron chi connectivity index (χ2n) is 6.04. The molecule has 130 valence electrons. The van der Waals surface area contributed by atoms with E-state index in [1.807, 2.05) is 10.7 Å². The van der Waals surface area contributed by atoms with E-state index < -0.39 is 0 Å². The fourth-order valence-corrected chi connectivity index (χ4v) is 4.18. The first-order chi connectivity index (χ1) is 11.7. The van der Waals surface area contributed by atoms with Crippen LogP contribution in [-0.2, 0) is 12.2 Å². The van der Waals surface area contributed by atoms with Crippen LogP contribution in [0.5, 0.6) is 0 Å². The van der Waals surface area contributed by atoms with Gasteiger partial charge in [0.1, 0.15) is 10.8 Å². The minimum atomic E-state index is -0.195. The molecule has 0 radical (unpaired) electrons. The SMILES string of the molecule is CSCc1nc(CCNC(=O)Nc2ccnn2[C@@H](C)C2CC2)cs1. The van der Waals surface area contributed by atoms with E-state index in [1.165, 1.54) is 12.8 Å². The van der Waals surface area contributed by atoms with E-state index in [2.05, 4.69) is 39.3 Å². The third-order valence-electron chi connectivity index (χ3n) is 4.14. The molecular formula is C16H23N5OS2. The van der Waals surface area contributed by atoms with Crippen LogP contribution in [0.4, 0.5) is 10.6 Å². The molecule has 0 aliphatic heterocycles. The monoisotopic (exact) mass is 365 g/mol. The summed E-state index contributed by atoms with van der Waals surface area (Å²) >= 11 is 3.45. The Morgan fingerprint density at radius 1 is 1.54 bits per heavy atom. The lowest BCUT2D eigenvalue weighted by atomic mass is 10.2. The summed E-state index contributed by atoms with van der Waals surface area (Å²) in [6.07, 6.45) is 7.05. The lowest BCUT2D eigenvalue weighted by Crippen LogP contribution is -2.31. The van der Waals surface area contributed by atoms with Gasteiger partial charge in [-0.3, -0.25) is 5.32 Å². The molecule has 2 aromatic heterocycles. The summed E-state index contributed by atoms with van der Waals surface area (Å²) in [5.41, 5.74) is 1.04. The highest BCUT2D eigenvalue weighted by molar-refractivity contribution is 7.97. The molecule has 6 nitrogen and oxygen atoms in total. The van der Waals surface area contributed by atoms with Gasteiger partial charge in [-0.2, -0.15) is 16.9 Å². The van der Waals surface area contributed by atoms with Gasteiger partial charge in [0.25, 0.3) is 0 Å². The van der Waals surface area contributed by atoms with Crippen molar-refractivity contribution in [1.82, 2.24) is 20.1 Å². The number of urea groups is 1. The van der Waals surface area contributed by atoms with Crippen molar-refractivity contribution in [3.05, 3.63) is 28.3 Å². The molecular weight excluding hydrogens is 342 g/mol. The number of hydrogen-bond donors (Lipinski definition) is 2. The third kappa shape index (κ3) is 4.51. The Kier molecular flexibility index (Phi) is 5.78. The van der Waals surface area contributed by atoms with Crippen molar-refractivity contribution in [2.75, 3.05) is 18.1 Å². The van der Waals surface area contributed by atoms with E-state index >= 15 is 0 Å². The van der Waals surface area contributed by atoms with Gasteiger partial charge >= 0.3 is 6.03 Å². The Labute approximate surface area is 150 Å². The van der Waals surface area contributed by atoms with Gasteiger partial charge in [0.05, 0.1) is 17.9 Å². The zero-order valence-corrected chi connectivity index (χ0v) is 15.6. The number of anilines is 1. The number of nitrogens with one attached hydrogen (secondary N) is 2. The van der Waals surface area contributed by atoms with Crippen molar-refractivity contribution in [3.8, 4) is 0 Å². The quantitative estimate of drug-likeness (QED) is 0.750. The molecule has 2 amide bonds. The molecule has 2 aromatic rings. The van der Waals surface area contributed by atoms with Gasteiger partial charge in [0, 0.05) is 30.2 Å². The third-order valence-corrected chi connectivity index (χ3v) is 5.78. The molecule has 1 fully saturated rings. The van der Waals surface area contributed by atoms with Gasteiger partial charge in [0.2, 0.25) is 0 Å². The molecule has 0 aromatic carbocycles. The second-order valence-corrected chi connectivity index (χ2v) is 7.84. The topological polar surface area (TPSA) is 71.8 Å². The predicted molar refractivity (Wildman–Crippen MR) is 99.7 cm³/mol. The number of hydrogen-bond acceptors (Lipinski definition) is 5. The Hall–Kier alpha value is -1.54. The van der Waals surface area contributed by atoms with Crippen molar-refractivity contribution in [2.45, 2.75) is 38.0 Å². The maximum absolute atomic E-state index is 12.1. The fraction of sp³-hybridized carbons (Fsp3) is 0.562. The maximum atomic E-state index is 12.1. The first kappa shape index (κ1) is 17.3. The Morgan fingerprint density at radius 3 is 3.12 bits per heavy atom. The van der Waals surface area contributed by atoms with Gasteiger partial charge in [-0.15, -0.1) is 11.3 Å². The number of rotatable bonds is 8. The molecule has 3 rings (SSSR count). The lowest BCUT2D eigenvalue weighted by Gasteiger charge is -2.15. The summed E-state index contributed by atoms with van der Waals surface area (Å²) in [7, 11) is 0. The summed E-state index contributed by atoms with van der Waals surface area (Å²) in [5.74, 6) is 2.39. The largest absolute Gasteiger partial charge is 0.337 e. The van der Waals surface area contributed by atoms with Crippen LogP contribution in [0.3, 0.4) is 0 Å². The Bertz CT molecular complexity index is 680. The predicted octanol–water partition coefficient (Wildman–Crippen LogP) is 3.54. The van der Waals surface area contributed by atoms with Gasteiger partial charge in [-0.05, 0) is 31.9 Å². The molecule has 8 heteroatoms. The summed E-state index contributed by atoms with van der Waals surface area (Å²) in [4.78, 5) is 16.6. The highest BCUT2D eigenvalue weighted by Gasteiger charge is 2.30. The van der Waals surface area contributed by atoms with Crippen LogP contribution in [0.2, 0.25) is 0 Å². The van der Waals surface area contributed by atoms with Crippen LogP contribution >= 0.6 is 23.1 Å². The number of thioether (sulfide) groups is 1. The first-order valence-corrected chi connectivity index (χ1v) is 10.5.